The second kappa shape index (κ2) is 20.7. The molecule has 0 bridgehead atoms. The zero-order valence-electron chi connectivity index (χ0n) is 11.6. The summed E-state index contributed by atoms with van der Waals surface area (Å²) in [6.45, 7) is 15.3. The van der Waals surface area contributed by atoms with Gasteiger partial charge >= 0.3 is 0 Å². The van der Waals surface area contributed by atoms with Crippen molar-refractivity contribution in [1.82, 2.24) is 0 Å². The third-order valence-electron chi connectivity index (χ3n) is 2.68. The normalized spacial score (nSPS) is 7.82. The van der Waals surface area contributed by atoms with Crippen molar-refractivity contribution in [3.05, 3.63) is 0 Å². The van der Waals surface area contributed by atoms with E-state index in [1.807, 2.05) is 0 Å². The van der Waals surface area contributed by atoms with Gasteiger partial charge in [-0.1, -0.05) is 0 Å². The van der Waals surface area contributed by atoms with Crippen molar-refractivity contribution in [3.8, 4) is 0 Å². The monoisotopic (exact) mass is 262 g/mol. The van der Waals surface area contributed by atoms with Crippen LogP contribution in [-0.4, -0.2) is 63.6 Å². The molecule has 0 saturated carbocycles. The molecule has 0 aromatic carbocycles. The summed E-state index contributed by atoms with van der Waals surface area (Å²) in [5, 5.41) is 7.42. The fourth-order valence-electron chi connectivity index (χ4n) is 1.34. The van der Waals surface area contributed by atoms with Gasteiger partial charge in [-0.15, -0.1) is 0 Å². The van der Waals surface area contributed by atoms with E-state index in [1.54, 1.807) is 0 Å². The Balaban J connectivity index is -0.0000000338. The summed E-state index contributed by atoms with van der Waals surface area (Å²) < 4.78 is 1.28. The summed E-state index contributed by atoms with van der Waals surface area (Å²) in [5.74, 6) is -0.833. The average molecular weight is 262 g/mol. The van der Waals surface area contributed by atoms with Crippen LogP contribution in [0.25, 0.3) is 0 Å². The summed E-state index contributed by atoms with van der Waals surface area (Å²) in [5.41, 5.74) is 0. The Morgan fingerprint density at radius 3 is 0.941 bits per heavy atom. The van der Waals surface area contributed by atoms with E-state index in [1.165, 1.54) is 30.7 Å². The average Bonchev–Trinajstić information content (AvgIpc) is 2.09. The minimum absolute atomic E-state index is 0. The molecule has 7 nitrogen and oxygen atoms in total. The van der Waals surface area contributed by atoms with Crippen LogP contribution in [0, 0.1) is 0 Å². The lowest BCUT2D eigenvalue weighted by atomic mass is 10.3. The van der Waals surface area contributed by atoms with Crippen molar-refractivity contribution in [1.29, 1.82) is 0 Å². The molecule has 7 heteroatoms. The fraction of sp³-hybridized carbons (Fsp3) is 0.900. The molecule has 0 aromatic heterocycles. The minimum atomic E-state index is -0.833. The van der Waals surface area contributed by atoms with E-state index in [2.05, 4.69) is 27.7 Å². The Morgan fingerprint density at radius 1 is 0.824 bits per heavy atom. The first-order chi connectivity index (χ1) is 5.97. The zero-order valence-corrected chi connectivity index (χ0v) is 11.6. The highest BCUT2D eigenvalue weighted by atomic mass is 16.4. The molecule has 0 aliphatic rings. The highest BCUT2D eigenvalue weighted by Crippen LogP contribution is 2.03. The Morgan fingerprint density at radius 2 is 0.941 bits per heavy atom. The van der Waals surface area contributed by atoms with Crippen molar-refractivity contribution in [2.45, 2.75) is 34.6 Å². The number of quaternary nitrogens is 1. The molecule has 0 spiro atoms. The maximum Gasteiger partial charge on any atom is 0.300 e. The van der Waals surface area contributed by atoms with E-state index >= 15 is 0 Å². The van der Waals surface area contributed by atoms with E-state index in [9.17, 15) is 0 Å². The molecular formula is C10H32NO6+. The van der Waals surface area contributed by atoms with Gasteiger partial charge in [0.1, 0.15) is 0 Å². The van der Waals surface area contributed by atoms with Crippen molar-refractivity contribution >= 4 is 5.97 Å². The molecule has 0 fully saturated rings. The SMILES string of the molecule is CC(=O)O.CC[N+](CC)(CC)CC.O.O.O.O. The van der Waals surface area contributed by atoms with Gasteiger partial charge in [0.15, 0.2) is 0 Å². The summed E-state index contributed by atoms with van der Waals surface area (Å²) in [6.07, 6.45) is 0. The van der Waals surface area contributed by atoms with E-state index in [0.29, 0.717) is 0 Å². The first-order valence-electron chi connectivity index (χ1n) is 5.02. The lowest BCUT2D eigenvalue weighted by Gasteiger charge is -2.34. The van der Waals surface area contributed by atoms with Gasteiger partial charge in [-0.3, -0.25) is 4.79 Å². The van der Waals surface area contributed by atoms with Crippen molar-refractivity contribution in [3.63, 3.8) is 0 Å². The number of rotatable bonds is 4. The van der Waals surface area contributed by atoms with E-state index < -0.39 is 5.97 Å². The second-order valence-electron chi connectivity index (χ2n) is 3.13. The molecule has 0 aliphatic carbocycles. The maximum absolute atomic E-state index is 9.00. The van der Waals surface area contributed by atoms with Gasteiger partial charge in [0, 0.05) is 6.92 Å². The number of aliphatic carboxylic acids is 1. The number of carboxylic acids is 1. The predicted molar refractivity (Wildman–Crippen MR) is 70.2 cm³/mol. The predicted octanol–water partition coefficient (Wildman–Crippen LogP) is -1.33. The molecule has 0 heterocycles. The third kappa shape index (κ3) is 21.2. The van der Waals surface area contributed by atoms with E-state index in [4.69, 9.17) is 9.90 Å². The van der Waals surface area contributed by atoms with Crippen LogP contribution in [0.2, 0.25) is 0 Å². The molecule has 0 radical (unpaired) electrons. The van der Waals surface area contributed by atoms with Crippen molar-refractivity contribution in [2.75, 3.05) is 26.2 Å². The third-order valence-corrected chi connectivity index (χ3v) is 2.68. The van der Waals surface area contributed by atoms with Crippen LogP contribution < -0.4 is 0 Å². The van der Waals surface area contributed by atoms with Crippen LogP contribution in [0.4, 0.5) is 0 Å². The molecule has 0 unspecified atom stereocenters. The van der Waals surface area contributed by atoms with Gasteiger partial charge in [-0.2, -0.15) is 0 Å². The van der Waals surface area contributed by atoms with E-state index in [0.717, 1.165) is 6.92 Å². The second-order valence-corrected chi connectivity index (χ2v) is 3.13. The van der Waals surface area contributed by atoms with Gasteiger partial charge in [0.05, 0.1) is 26.2 Å². The summed E-state index contributed by atoms with van der Waals surface area (Å²) >= 11 is 0. The standard InChI is InChI=1S/C8H20N.C2H4O2.4H2O/c1-5-9(6-2,7-3)8-4;1-2(3)4;;;;/h5-8H2,1-4H3;1H3,(H,3,4);4*1H2/q+1;;;;;. The summed E-state index contributed by atoms with van der Waals surface area (Å²) in [7, 11) is 0. The topological polar surface area (TPSA) is 163 Å². The van der Waals surface area contributed by atoms with Crippen LogP contribution in [0.1, 0.15) is 34.6 Å². The van der Waals surface area contributed by atoms with Gasteiger partial charge in [-0.05, 0) is 27.7 Å². The van der Waals surface area contributed by atoms with Gasteiger partial charge < -0.3 is 31.5 Å². The molecule has 112 valence electrons. The molecule has 0 aromatic rings. The quantitative estimate of drug-likeness (QED) is 0.621. The Hall–Kier alpha value is -0.730. The number of hydrogen-bond donors (Lipinski definition) is 1. The molecule has 0 amide bonds. The molecule has 9 N–H and O–H groups in total. The van der Waals surface area contributed by atoms with Crippen LogP contribution in [0.15, 0.2) is 0 Å². The summed E-state index contributed by atoms with van der Waals surface area (Å²) in [6, 6.07) is 0. The minimum Gasteiger partial charge on any atom is -0.481 e. The molecule has 17 heavy (non-hydrogen) atoms. The van der Waals surface area contributed by atoms with Crippen LogP contribution in [0.5, 0.6) is 0 Å². The van der Waals surface area contributed by atoms with Crippen molar-refractivity contribution in [2.24, 2.45) is 0 Å². The van der Waals surface area contributed by atoms with Gasteiger partial charge in [-0.25, -0.2) is 0 Å². The van der Waals surface area contributed by atoms with Gasteiger partial charge in [0.25, 0.3) is 5.97 Å². The molecular weight excluding hydrogens is 230 g/mol. The van der Waals surface area contributed by atoms with Crippen molar-refractivity contribution < 1.29 is 36.3 Å². The number of carboxylic acid groups (broad SMARTS) is 1. The first kappa shape index (κ1) is 36.0. The highest BCUT2D eigenvalue weighted by Gasteiger charge is 2.16. The van der Waals surface area contributed by atoms with Crippen LogP contribution >= 0.6 is 0 Å². The van der Waals surface area contributed by atoms with Gasteiger partial charge in [0.2, 0.25) is 0 Å². The lowest BCUT2D eigenvalue weighted by molar-refractivity contribution is -0.921. The van der Waals surface area contributed by atoms with Crippen LogP contribution in [-0.2, 0) is 4.79 Å². The Labute approximate surface area is 104 Å². The van der Waals surface area contributed by atoms with E-state index in [-0.39, 0.29) is 21.9 Å². The highest BCUT2D eigenvalue weighted by molar-refractivity contribution is 5.62. The molecule has 0 saturated heterocycles. The lowest BCUT2D eigenvalue weighted by Crippen LogP contribution is -2.47. The first-order valence-corrected chi connectivity index (χ1v) is 5.02. The molecule has 0 rings (SSSR count). The number of carbonyl (C=O) groups is 1. The Kier molecular flexibility index (Phi) is 43.7. The number of hydrogen-bond acceptors (Lipinski definition) is 1. The maximum atomic E-state index is 9.00. The molecule has 0 aliphatic heterocycles. The van der Waals surface area contributed by atoms with Crippen LogP contribution in [0.3, 0.4) is 0 Å². The zero-order chi connectivity index (χ0) is 10.9. The number of nitrogens with zero attached hydrogens (tertiary/aromatic N) is 1. The smallest absolute Gasteiger partial charge is 0.300 e. The Bertz CT molecular complexity index is 117. The molecule has 0 atom stereocenters. The largest absolute Gasteiger partial charge is 0.481 e. The summed E-state index contributed by atoms with van der Waals surface area (Å²) in [4.78, 5) is 9.00. The fourth-order valence-corrected chi connectivity index (χ4v) is 1.34.